The van der Waals surface area contributed by atoms with E-state index in [2.05, 4.69) is 31.4 Å². The van der Waals surface area contributed by atoms with Gasteiger partial charge in [0.05, 0.1) is 0 Å². The fourth-order valence-electron chi connectivity index (χ4n) is 1.43. The van der Waals surface area contributed by atoms with E-state index in [1.54, 1.807) is 0 Å². The SMILES string of the molecule is C[C-]1NC(C)CC(C)N1.[Y]. The summed E-state index contributed by atoms with van der Waals surface area (Å²) in [5.41, 5.74) is 0. The van der Waals surface area contributed by atoms with Crippen LogP contribution in [0.25, 0.3) is 0 Å². The number of hydrogen-bond donors (Lipinski definition) is 2. The molecule has 1 aliphatic heterocycles. The van der Waals surface area contributed by atoms with Crippen LogP contribution < -0.4 is 10.6 Å². The maximum atomic E-state index is 3.32. The molecule has 1 saturated heterocycles. The topological polar surface area (TPSA) is 24.1 Å². The minimum absolute atomic E-state index is 0. The van der Waals surface area contributed by atoms with Crippen LogP contribution in [0.15, 0.2) is 0 Å². The van der Waals surface area contributed by atoms with E-state index in [0.717, 1.165) is 0 Å². The van der Waals surface area contributed by atoms with Crippen LogP contribution in [0, 0.1) is 6.17 Å². The van der Waals surface area contributed by atoms with Crippen molar-refractivity contribution in [1.29, 1.82) is 0 Å². The molecular weight excluding hydrogens is 201 g/mol. The van der Waals surface area contributed by atoms with Crippen molar-refractivity contribution in [3.05, 3.63) is 6.17 Å². The molecule has 1 heterocycles. The quantitative estimate of drug-likeness (QED) is 0.586. The zero-order valence-electron chi connectivity index (χ0n) is 6.94. The van der Waals surface area contributed by atoms with Crippen LogP contribution in [0.5, 0.6) is 0 Å². The number of nitrogens with one attached hydrogen (secondary N) is 2. The molecule has 0 aromatic rings. The standard InChI is InChI=1S/C7H15N2.Y/c1-5-4-6(2)9-7(3)8-5;/h5-6,8-9H,4H2,1-3H3;/q-1;. The van der Waals surface area contributed by atoms with Crippen LogP contribution in [0.3, 0.4) is 0 Å². The maximum absolute atomic E-state index is 3.32. The average Bonchev–Trinajstić information content (AvgIpc) is 1.59. The van der Waals surface area contributed by atoms with Crippen molar-refractivity contribution in [2.24, 2.45) is 0 Å². The van der Waals surface area contributed by atoms with E-state index in [1.165, 1.54) is 12.6 Å². The Hall–Kier alpha value is 1.02. The van der Waals surface area contributed by atoms with Crippen LogP contribution in [-0.2, 0) is 32.7 Å². The number of rotatable bonds is 0. The Bertz CT molecular complexity index is 72.6. The summed E-state index contributed by atoms with van der Waals surface area (Å²) in [6, 6.07) is 1.28. The van der Waals surface area contributed by atoms with Gasteiger partial charge in [0.15, 0.2) is 0 Å². The molecule has 2 unspecified atom stereocenters. The predicted octanol–water partition coefficient (Wildman–Crippen LogP) is 0.853. The molecule has 3 heteroatoms. The molecule has 10 heavy (non-hydrogen) atoms. The Morgan fingerprint density at radius 1 is 1.20 bits per heavy atom. The van der Waals surface area contributed by atoms with Gasteiger partial charge in [0.25, 0.3) is 0 Å². The van der Waals surface area contributed by atoms with Gasteiger partial charge in [0, 0.05) is 32.7 Å². The summed E-state index contributed by atoms with van der Waals surface area (Å²) in [6.45, 7) is 6.49. The van der Waals surface area contributed by atoms with Crippen LogP contribution in [0.1, 0.15) is 27.2 Å². The first-order valence-corrected chi connectivity index (χ1v) is 3.55. The molecule has 1 rings (SSSR count). The summed E-state index contributed by atoms with van der Waals surface area (Å²) in [5.74, 6) is 0. The van der Waals surface area contributed by atoms with Crippen molar-refractivity contribution in [2.75, 3.05) is 0 Å². The molecule has 0 aromatic heterocycles. The molecule has 2 nitrogen and oxygen atoms in total. The Morgan fingerprint density at radius 2 is 1.60 bits per heavy atom. The van der Waals surface area contributed by atoms with Crippen molar-refractivity contribution in [3.8, 4) is 0 Å². The minimum Gasteiger partial charge on any atom is -0.451 e. The van der Waals surface area contributed by atoms with Crippen molar-refractivity contribution < 1.29 is 32.7 Å². The molecule has 0 amide bonds. The normalized spacial score (nSPS) is 35.1. The van der Waals surface area contributed by atoms with Crippen LogP contribution in [0.2, 0.25) is 0 Å². The number of hydrogen-bond acceptors (Lipinski definition) is 2. The molecule has 0 spiro atoms. The first-order chi connectivity index (χ1) is 4.18. The van der Waals surface area contributed by atoms with Crippen LogP contribution in [0.4, 0.5) is 0 Å². The van der Waals surface area contributed by atoms with Gasteiger partial charge in [-0.2, -0.15) is 13.1 Å². The van der Waals surface area contributed by atoms with Crippen molar-refractivity contribution in [2.45, 2.75) is 39.3 Å². The second-order valence-electron chi connectivity index (χ2n) is 2.95. The average molecular weight is 216 g/mol. The molecule has 2 N–H and O–H groups in total. The zero-order chi connectivity index (χ0) is 6.85. The molecule has 0 saturated carbocycles. The predicted molar refractivity (Wildman–Crippen MR) is 38.7 cm³/mol. The molecule has 57 valence electrons. The van der Waals surface area contributed by atoms with Gasteiger partial charge in [-0.25, -0.2) is 0 Å². The van der Waals surface area contributed by atoms with E-state index in [4.69, 9.17) is 0 Å². The second-order valence-corrected chi connectivity index (χ2v) is 2.95. The third-order valence-corrected chi connectivity index (χ3v) is 1.63. The molecular formula is C7H15N2Y-. The van der Waals surface area contributed by atoms with E-state index in [9.17, 15) is 0 Å². The third-order valence-electron chi connectivity index (χ3n) is 1.63. The van der Waals surface area contributed by atoms with E-state index in [0.29, 0.717) is 12.1 Å². The van der Waals surface area contributed by atoms with E-state index >= 15 is 0 Å². The smallest absolute Gasteiger partial charge is 0 e. The first kappa shape index (κ1) is 11.0. The minimum atomic E-state index is 0. The molecule has 0 aromatic carbocycles. The van der Waals surface area contributed by atoms with Crippen molar-refractivity contribution in [3.63, 3.8) is 0 Å². The molecule has 2 atom stereocenters. The molecule has 0 bridgehead atoms. The summed E-state index contributed by atoms with van der Waals surface area (Å²) in [4.78, 5) is 0. The summed E-state index contributed by atoms with van der Waals surface area (Å²) < 4.78 is 0. The summed E-state index contributed by atoms with van der Waals surface area (Å²) >= 11 is 0. The van der Waals surface area contributed by atoms with Crippen LogP contribution in [-0.4, -0.2) is 12.1 Å². The summed E-state index contributed by atoms with van der Waals surface area (Å²) in [7, 11) is 0. The van der Waals surface area contributed by atoms with Gasteiger partial charge in [-0.1, -0.05) is 13.8 Å². The summed E-state index contributed by atoms with van der Waals surface area (Å²) in [5, 5.41) is 6.63. The monoisotopic (exact) mass is 216 g/mol. The van der Waals surface area contributed by atoms with Gasteiger partial charge >= 0.3 is 0 Å². The van der Waals surface area contributed by atoms with E-state index in [1.807, 2.05) is 0 Å². The zero-order valence-corrected chi connectivity index (χ0v) is 9.78. The Balaban J connectivity index is 0.000000810. The molecule has 0 aliphatic carbocycles. The molecule has 1 radical (unpaired) electrons. The van der Waals surface area contributed by atoms with Gasteiger partial charge in [-0.05, 0) is 18.5 Å². The first-order valence-electron chi connectivity index (χ1n) is 3.55. The van der Waals surface area contributed by atoms with Crippen molar-refractivity contribution >= 4 is 0 Å². The molecule has 1 aliphatic rings. The van der Waals surface area contributed by atoms with E-state index < -0.39 is 0 Å². The molecule has 1 fully saturated rings. The van der Waals surface area contributed by atoms with Crippen LogP contribution >= 0.6 is 0 Å². The largest absolute Gasteiger partial charge is 0.451 e. The van der Waals surface area contributed by atoms with Gasteiger partial charge in [-0.15, -0.1) is 0 Å². The fraction of sp³-hybridized carbons (Fsp3) is 0.857. The fourth-order valence-corrected chi connectivity index (χ4v) is 1.43. The van der Waals surface area contributed by atoms with Crippen molar-refractivity contribution in [1.82, 2.24) is 10.6 Å². The van der Waals surface area contributed by atoms with E-state index in [-0.39, 0.29) is 32.7 Å². The van der Waals surface area contributed by atoms with Gasteiger partial charge < -0.3 is 10.6 Å². The van der Waals surface area contributed by atoms with Gasteiger partial charge in [0.2, 0.25) is 0 Å². The maximum Gasteiger partial charge on any atom is 0 e. The Morgan fingerprint density at radius 3 is 1.90 bits per heavy atom. The van der Waals surface area contributed by atoms with Gasteiger partial charge in [0.1, 0.15) is 0 Å². The Labute approximate surface area is 88.4 Å². The third kappa shape index (κ3) is 3.43. The Kier molecular flexibility index (Phi) is 5.30. The van der Waals surface area contributed by atoms with Gasteiger partial charge in [-0.3, -0.25) is 0 Å². The second kappa shape index (κ2) is 4.81. The summed E-state index contributed by atoms with van der Waals surface area (Å²) in [6.07, 6.45) is 2.43.